The van der Waals surface area contributed by atoms with Gasteiger partial charge < -0.3 is 16.0 Å². The smallest absolute Gasteiger partial charge is 0.0205 e. The average molecular weight is 291 g/mol. The van der Waals surface area contributed by atoms with E-state index >= 15 is 0 Å². The minimum atomic E-state index is 0.984. The zero-order chi connectivity index (χ0) is 15.0. The molecule has 0 saturated carbocycles. The number of hydrogen-bond donors (Lipinski definition) is 3. The van der Waals surface area contributed by atoms with Crippen molar-refractivity contribution in [2.45, 2.75) is 45.6 Å². The number of hydrogen-bond acceptors (Lipinski definition) is 3. The molecule has 0 fully saturated rings. The third kappa shape index (κ3) is 11.4. The van der Waals surface area contributed by atoms with Crippen molar-refractivity contribution < 1.29 is 0 Å². The van der Waals surface area contributed by atoms with Gasteiger partial charge in [0.15, 0.2) is 0 Å². The Kier molecular flexibility index (Phi) is 12.1. The molecule has 3 nitrogen and oxygen atoms in total. The molecular formula is C18H33N3. The Morgan fingerprint density at radius 3 is 1.90 bits per heavy atom. The van der Waals surface area contributed by atoms with Crippen molar-refractivity contribution in [2.75, 3.05) is 32.7 Å². The van der Waals surface area contributed by atoms with Crippen LogP contribution in [-0.2, 0) is 6.54 Å². The molecule has 0 bridgehead atoms. The fraction of sp³-hybridized carbons (Fsp3) is 0.667. The number of benzene rings is 1. The molecule has 0 aliphatic heterocycles. The van der Waals surface area contributed by atoms with Gasteiger partial charge in [0.05, 0.1) is 0 Å². The lowest BCUT2D eigenvalue weighted by atomic mass is 10.2. The van der Waals surface area contributed by atoms with E-state index in [-0.39, 0.29) is 0 Å². The Bertz CT molecular complexity index is 313. The zero-order valence-electron chi connectivity index (χ0n) is 13.7. The Labute approximate surface area is 130 Å². The predicted molar refractivity (Wildman–Crippen MR) is 92.6 cm³/mol. The molecule has 0 aliphatic carbocycles. The second-order valence-electron chi connectivity index (χ2n) is 5.58. The van der Waals surface area contributed by atoms with E-state index in [0.717, 1.165) is 32.7 Å². The van der Waals surface area contributed by atoms with Gasteiger partial charge in [-0.05, 0) is 64.0 Å². The fourth-order valence-electron chi connectivity index (χ4n) is 2.22. The van der Waals surface area contributed by atoms with Gasteiger partial charge in [0.2, 0.25) is 0 Å². The molecule has 0 radical (unpaired) electrons. The van der Waals surface area contributed by atoms with Crippen molar-refractivity contribution in [3.63, 3.8) is 0 Å². The average Bonchev–Trinajstić information content (AvgIpc) is 2.53. The first-order chi connectivity index (χ1) is 10.4. The van der Waals surface area contributed by atoms with E-state index in [0.29, 0.717) is 0 Å². The van der Waals surface area contributed by atoms with Crippen LogP contribution in [0.3, 0.4) is 0 Å². The molecule has 0 saturated heterocycles. The summed E-state index contributed by atoms with van der Waals surface area (Å²) >= 11 is 0. The number of rotatable bonds is 14. The molecule has 0 aliphatic rings. The quantitative estimate of drug-likeness (QED) is 0.461. The van der Waals surface area contributed by atoms with Crippen LogP contribution < -0.4 is 16.0 Å². The molecule has 3 N–H and O–H groups in total. The summed E-state index contributed by atoms with van der Waals surface area (Å²) in [4.78, 5) is 0. The predicted octanol–water partition coefficient (Wildman–Crippen LogP) is 2.93. The first-order valence-corrected chi connectivity index (χ1v) is 8.59. The van der Waals surface area contributed by atoms with E-state index in [4.69, 9.17) is 0 Å². The van der Waals surface area contributed by atoms with E-state index in [9.17, 15) is 0 Å². The van der Waals surface area contributed by atoms with Crippen LogP contribution in [0.1, 0.15) is 44.6 Å². The van der Waals surface area contributed by atoms with Crippen LogP contribution in [0.2, 0.25) is 0 Å². The lowest BCUT2D eigenvalue weighted by Gasteiger charge is -2.07. The third-order valence-electron chi connectivity index (χ3n) is 3.54. The Hall–Kier alpha value is -0.900. The maximum atomic E-state index is 3.52. The molecule has 1 aromatic rings. The van der Waals surface area contributed by atoms with Crippen LogP contribution >= 0.6 is 0 Å². The van der Waals surface area contributed by atoms with Gasteiger partial charge in [-0.1, -0.05) is 43.7 Å². The summed E-state index contributed by atoms with van der Waals surface area (Å²) in [5.41, 5.74) is 1.37. The Morgan fingerprint density at radius 2 is 1.24 bits per heavy atom. The van der Waals surface area contributed by atoms with Gasteiger partial charge in [0, 0.05) is 6.54 Å². The molecule has 21 heavy (non-hydrogen) atoms. The highest BCUT2D eigenvalue weighted by atomic mass is 14.9. The van der Waals surface area contributed by atoms with E-state index in [2.05, 4.69) is 53.2 Å². The van der Waals surface area contributed by atoms with Gasteiger partial charge in [0.1, 0.15) is 0 Å². The minimum Gasteiger partial charge on any atom is -0.317 e. The summed E-state index contributed by atoms with van der Waals surface area (Å²) in [5.74, 6) is 0. The van der Waals surface area contributed by atoms with Crippen molar-refractivity contribution >= 4 is 0 Å². The van der Waals surface area contributed by atoms with E-state index in [1.807, 2.05) is 0 Å². The summed E-state index contributed by atoms with van der Waals surface area (Å²) in [6, 6.07) is 10.6. The molecule has 0 spiro atoms. The monoisotopic (exact) mass is 291 g/mol. The molecule has 0 aromatic heterocycles. The third-order valence-corrected chi connectivity index (χ3v) is 3.54. The molecule has 1 rings (SSSR count). The van der Waals surface area contributed by atoms with Gasteiger partial charge in [-0.15, -0.1) is 0 Å². The SMILES string of the molecule is CCCCNCCCNCCCCNCc1ccccc1. The fourth-order valence-corrected chi connectivity index (χ4v) is 2.22. The summed E-state index contributed by atoms with van der Waals surface area (Å²) in [6.07, 6.45) is 6.31. The maximum Gasteiger partial charge on any atom is 0.0205 e. The maximum absolute atomic E-state index is 3.52. The Morgan fingerprint density at radius 1 is 0.667 bits per heavy atom. The van der Waals surface area contributed by atoms with Crippen LogP contribution in [0, 0.1) is 0 Å². The summed E-state index contributed by atoms with van der Waals surface area (Å²) < 4.78 is 0. The minimum absolute atomic E-state index is 0.984. The summed E-state index contributed by atoms with van der Waals surface area (Å²) in [6.45, 7) is 8.92. The highest BCUT2D eigenvalue weighted by Gasteiger charge is 1.92. The topological polar surface area (TPSA) is 36.1 Å². The second-order valence-corrected chi connectivity index (χ2v) is 5.58. The molecule has 0 heterocycles. The molecule has 0 atom stereocenters. The van der Waals surface area contributed by atoms with Gasteiger partial charge in [-0.25, -0.2) is 0 Å². The van der Waals surface area contributed by atoms with Crippen molar-refractivity contribution in [2.24, 2.45) is 0 Å². The van der Waals surface area contributed by atoms with Crippen LogP contribution in [0.25, 0.3) is 0 Å². The summed E-state index contributed by atoms with van der Waals surface area (Å²) in [7, 11) is 0. The lowest BCUT2D eigenvalue weighted by molar-refractivity contribution is 0.554. The van der Waals surface area contributed by atoms with E-state index < -0.39 is 0 Å². The molecule has 0 unspecified atom stereocenters. The highest BCUT2D eigenvalue weighted by molar-refractivity contribution is 5.14. The first-order valence-electron chi connectivity index (χ1n) is 8.59. The van der Waals surface area contributed by atoms with E-state index in [1.165, 1.54) is 44.2 Å². The van der Waals surface area contributed by atoms with Gasteiger partial charge in [-0.3, -0.25) is 0 Å². The molecular weight excluding hydrogens is 258 g/mol. The molecule has 1 aromatic carbocycles. The number of nitrogens with one attached hydrogen (secondary N) is 3. The van der Waals surface area contributed by atoms with Crippen LogP contribution in [0.5, 0.6) is 0 Å². The zero-order valence-corrected chi connectivity index (χ0v) is 13.7. The Balaban J connectivity index is 1.75. The van der Waals surface area contributed by atoms with Gasteiger partial charge in [0.25, 0.3) is 0 Å². The van der Waals surface area contributed by atoms with Gasteiger partial charge in [-0.2, -0.15) is 0 Å². The van der Waals surface area contributed by atoms with Crippen molar-refractivity contribution in [1.82, 2.24) is 16.0 Å². The van der Waals surface area contributed by atoms with Crippen LogP contribution in [0.15, 0.2) is 30.3 Å². The standard InChI is InChI=1S/C18H33N3/c1-2-3-12-19-15-9-16-20-13-7-8-14-21-17-18-10-5-4-6-11-18/h4-6,10-11,19-21H,2-3,7-9,12-17H2,1H3. The normalized spacial score (nSPS) is 10.9. The number of unbranched alkanes of at least 4 members (excludes halogenated alkanes) is 2. The van der Waals surface area contributed by atoms with Crippen molar-refractivity contribution in [3.05, 3.63) is 35.9 Å². The lowest BCUT2D eigenvalue weighted by Crippen LogP contribution is -2.24. The van der Waals surface area contributed by atoms with Crippen molar-refractivity contribution in [3.8, 4) is 0 Å². The first kappa shape index (κ1) is 18.1. The molecule has 3 heteroatoms. The second kappa shape index (κ2) is 14.1. The van der Waals surface area contributed by atoms with E-state index in [1.54, 1.807) is 0 Å². The van der Waals surface area contributed by atoms with Gasteiger partial charge >= 0.3 is 0 Å². The van der Waals surface area contributed by atoms with Crippen molar-refractivity contribution in [1.29, 1.82) is 0 Å². The summed E-state index contributed by atoms with van der Waals surface area (Å²) in [5, 5.41) is 10.5. The largest absolute Gasteiger partial charge is 0.317 e. The molecule has 120 valence electrons. The van der Waals surface area contributed by atoms with Crippen LogP contribution in [-0.4, -0.2) is 32.7 Å². The highest BCUT2D eigenvalue weighted by Crippen LogP contribution is 1.97. The molecule has 0 amide bonds. The van der Waals surface area contributed by atoms with Crippen LogP contribution in [0.4, 0.5) is 0 Å².